The van der Waals surface area contributed by atoms with Gasteiger partial charge in [-0.1, -0.05) is 26.7 Å². The van der Waals surface area contributed by atoms with Gasteiger partial charge in [-0.3, -0.25) is 25.2 Å². The molecule has 1 heterocycles. The number of hydrogen-bond acceptors (Lipinski definition) is 3. The molecule has 100 valence electrons. The molecule has 2 aliphatic rings. The van der Waals surface area contributed by atoms with Crippen molar-refractivity contribution >= 4 is 17.8 Å². The van der Waals surface area contributed by atoms with Crippen LogP contribution in [-0.4, -0.2) is 24.3 Å². The molecular weight excluding hydrogens is 230 g/mol. The molecule has 0 aromatic carbocycles. The number of hydrogen-bond donors (Lipinski definition) is 2. The Morgan fingerprint density at radius 2 is 1.72 bits per heavy atom. The predicted molar refractivity (Wildman–Crippen MR) is 68.9 cm³/mol. The smallest absolute Gasteiger partial charge is 0.288 e. The Morgan fingerprint density at radius 1 is 1.17 bits per heavy atom. The lowest BCUT2D eigenvalue weighted by Gasteiger charge is -2.29. The van der Waals surface area contributed by atoms with Crippen molar-refractivity contribution in [2.24, 2.45) is 16.3 Å². The summed E-state index contributed by atoms with van der Waals surface area (Å²) in [6.07, 6.45) is 6.08. The Morgan fingerprint density at radius 3 is 2.22 bits per heavy atom. The molecule has 0 bridgehead atoms. The lowest BCUT2D eigenvalue weighted by atomic mass is 9.78. The van der Waals surface area contributed by atoms with Crippen LogP contribution in [0, 0.1) is 11.3 Å². The molecule has 0 unspecified atom stereocenters. The minimum absolute atomic E-state index is 0.263. The van der Waals surface area contributed by atoms with Crippen LogP contribution in [0.5, 0.6) is 0 Å². The van der Waals surface area contributed by atoms with Crippen LogP contribution in [0.25, 0.3) is 0 Å². The van der Waals surface area contributed by atoms with Gasteiger partial charge in [0.2, 0.25) is 5.96 Å². The van der Waals surface area contributed by atoms with Gasteiger partial charge in [-0.2, -0.15) is 0 Å². The van der Waals surface area contributed by atoms with E-state index in [-0.39, 0.29) is 5.41 Å². The molecule has 0 aromatic rings. The van der Waals surface area contributed by atoms with Crippen LogP contribution in [0.1, 0.15) is 46.0 Å². The van der Waals surface area contributed by atoms with E-state index in [9.17, 15) is 9.59 Å². The van der Waals surface area contributed by atoms with Crippen molar-refractivity contribution in [3.05, 3.63) is 0 Å². The number of aliphatic imine (C=N–C) groups is 1. The topological polar surface area (TPSA) is 70.6 Å². The van der Waals surface area contributed by atoms with Crippen molar-refractivity contribution in [2.45, 2.75) is 46.0 Å². The van der Waals surface area contributed by atoms with Crippen molar-refractivity contribution in [1.29, 1.82) is 0 Å². The van der Waals surface area contributed by atoms with Crippen molar-refractivity contribution in [1.82, 2.24) is 10.6 Å². The summed E-state index contributed by atoms with van der Waals surface area (Å²) >= 11 is 0. The van der Waals surface area contributed by atoms with E-state index in [1.165, 1.54) is 25.7 Å². The number of guanidine groups is 1. The Kier molecular flexibility index (Phi) is 3.68. The molecule has 1 saturated carbocycles. The zero-order valence-electron chi connectivity index (χ0n) is 11.1. The highest BCUT2D eigenvalue weighted by atomic mass is 16.2. The molecule has 2 amide bonds. The third kappa shape index (κ3) is 2.89. The quantitative estimate of drug-likeness (QED) is 0.737. The summed E-state index contributed by atoms with van der Waals surface area (Å²) in [6, 6.07) is 0. The number of nitrogens with one attached hydrogen (secondary N) is 2. The van der Waals surface area contributed by atoms with Crippen LogP contribution < -0.4 is 10.6 Å². The molecule has 2 rings (SSSR count). The van der Waals surface area contributed by atoms with Crippen molar-refractivity contribution in [3.63, 3.8) is 0 Å². The molecule has 18 heavy (non-hydrogen) atoms. The number of carbonyl (C=O) groups excluding carboxylic acids is 2. The first kappa shape index (κ1) is 13.1. The van der Waals surface area contributed by atoms with Crippen LogP contribution in [0.2, 0.25) is 0 Å². The van der Waals surface area contributed by atoms with Gasteiger partial charge in [0.25, 0.3) is 0 Å². The number of amides is 2. The minimum Gasteiger partial charge on any atom is -0.288 e. The van der Waals surface area contributed by atoms with E-state index >= 15 is 0 Å². The fourth-order valence-corrected chi connectivity index (χ4v) is 3.10. The van der Waals surface area contributed by atoms with Gasteiger partial charge in [0.15, 0.2) is 0 Å². The first-order chi connectivity index (χ1) is 8.51. The first-order valence-corrected chi connectivity index (χ1v) is 6.68. The van der Waals surface area contributed by atoms with E-state index < -0.39 is 11.8 Å². The molecule has 0 atom stereocenters. The maximum Gasteiger partial charge on any atom is 0.316 e. The van der Waals surface area contributed by atoms with Gasteiger partial charge in [0.1, 0.15) is 0 Å². The number of nitrogens with zero attached hydrogens (tertiary/aromatic N) is 1. The molecule has 0 spiro atoms. The lowest BCUT2D eigenvalue weighted by molar-refractivity contribution is -0.135. The second kappa shape index (κ2) is 5.08. The zero-order chi connectivity index (χ0) is 13.2. The second-order valence-electron chi connectivity index (χ2n) is 5.88. The standard InChI is InChI=1S/C13H21N3O2/c1-9(2)7-13(5-3-4-6-13)8-14-12-15-10(17)11(18)16-12/h9H,3-8H2,1-2H3,(H2,14,15,16,17,18). The van der Waals surface area contributed by atoms with Gasteiger partial charge in [-0.25, -0.2) is 0 Å². The second-order valence-corrected chi connectivity index (χ2v) is 5.88. The van der Waals surface area contributed by atoms with Crippen LogP contribution in [0.4, 0.5) is 0 Å². The third-order valence-electron chi connectivity index (χ3n) is 3.75. The zero-order valence-corrected chi connectivity index (χ0v) is 11.1. The van der Waals surface area contributed by atoms with Gasteiger partial charge >= 0.3 is 11.8 Å². The Bertz CT molecular complexity index is 364. The molecule has 5 nitrogen and oxygen atoms in total. The molecule has 1 saturated heterocycles. The first-order valence-electron chi connectivity index (χ1n) is 6.68. The summed E-state index contributed by atoms with van der Waals surface area (Å²) < 4.78 is 0. The summed E-state index contributed by atoms with van der Waals surface area (Å²) in [6.45, 7) is 5.15. The van der Waals surface area contributed by atoms with E-state index in [0.717, 1.165) is 6.42 Å². The Hall–Kier alpha value is -1.39. The van der Waals surface area contributed by atoms with E-state index in [0.29, 0.717) is 18.4 Å². The normalized spacial score (nSPS) is 22.3. The highest BCUT2D eigenvalue weighted by Gasteiger charge is 2.35. The highest BCUT2D eigenvalue weighted by Crippen LogP contribution is 2.43. The Labute approximate surface area is 107 Å². The maximum absolute atomic E-state index is 11.0. The van der Waals surface area contributed by atoms with E-state index in [1.54, 1.807) is 0 Å². The highest BCUT2D eigenvalue weighted by molar-refractivity contribution is 6.45. The van der Waals surface area contributed by atoms with Gasteiger partial charge in [0, 0.05) is 6.54 Å². The lowest BCUT2D eigenvalue weighted by Crippen LogP contribution is -2.29. The van der Waals surface area contributed by atoms with Crippen molar-refractivity contribution in [2.75, 3.05) is 6.54 Å². The molecule has 1 aliphatic carbocycles. The number of rotatable bonds is 4. The van der Waals surface area contributed by atoms with Crippen molar-refractivity contribution in [3.8, 4) is 0 Å². The van der Waals surface area contributed by atoms with Crippen LogP contribution in [0.3, 0.4) is 0 Å². The summed E-state index contributed by atoms with van der Waals surface area (Å²) in [5, 5.41) is 4.90. The molecule has 1 aliphatic heterocycles. The summed E-state index contributed by atoms with van der Waals surface area (Å²) in [5.41, 5.74) is 0.263. The molecule has 5 heteroatoms. The molecule has 2 fully saturated rings. The fraction of sp³-hybridized carbons (Fsp3) is 0.769. The summed E-state index contributed by atoms with van der Waals surface area (Å²) in [5.74, 6) is -0.257. The molecule has 2 N–H and O–H groups in total. The average Bonchev–Trinajstić information content (AvgIpc) is 2.85. The number of carbonyl (C=O) groups is 2. The van der Waals surface area contributed by atoms with Crippen LogP contribution >= 0.6 is 0 Å². The van der Waals surface area contributed by atoms with Gasteiger partial charge in [-0.05, 0) is 30.6 Å². The average molecular weight is 251 g/mol. The molecular formula is C13H21N3O2. The Balaban J connectivity index is 2.00. The summed E-state index contributed by atoms with van der Waals surface area (Å²) in [4.78, 5) is 26.5. The van der Waals surface area contributed by atoms with Crippen molar-refractivity contribution < 1.29 is 9.59 Å². The van der Waals surface area contributed by atoms with E-state index in [2.05, 4.69) is 29.5 Å². The van der Waals surface area contributed by atoms with Crippen LogP contribution in [-0.2, 0) is 9.59 Å². The van der Waals surface area contributed by atoms with E-state index in [4.69, 9.17) is 0 Å². The van der Waals surface area contributed by atoms with Gasteiger partial charge in [-0.15, -0.1) is 0 Å². The largest absolute Gasteiger partial charge is 0.316 e. The van der Waals surface area contributed by atoms with E-state index in [1.807, 2.05) is 0 Å². The van der Waals surface area contributed by atoms with Gasteiger partial charge < -0.3 is 0 Å². The maximum atomic E-state index is 11.0. The minimum atomic E-state index is -0.613. The monoisotopic (exact) mass is 251 g/mol. The predicted octanol–water partition coefficient (Wildman–Crippen LogP) is 1.19. The van der Waals surface area contributed by atoms with Crippen LogP contribution in [0.15, 0.2) is 4.99 Å². The van der Waals surface area contributed by atoms with Gasteiger partial charge in [0.05, 0.1) is 0 Å². The fourth-order valence-electron chi connectivity index (χ4n) is 3.10. The summed E-state index contributed by atoms with van der Waals surface area (Å²) in [7, 11) is 0. The third-order valence-corrected chi connectivity index (χ3v) is 3.75. The SMILES string of the molecule is CC(C)CC1(CN=C2NC(=O)C(=O)N2)CCCC1. The molecule has 0 aromatic heterocycles. The molecule has 0 radical (unpaired) electrons.